The SMILES string of the molecule is CC1C(=O)OCC1C(=O)N[C@@H](C)c1ccc(OC(F)(F)F)cc1. The number of hydrogen-bond acceptors (Lipinski definition) is 4. The number of cyclic esters (lactones) is 1. The summed E-state index contributed by atoms with van der Waals surface area (Å²) in [5.41, 5.74) is 0.616. The summed E-state index contributed by atoms with van der Waals surface area (Å²) in [6, 6.07) is 4.80. The normalized spacial score (nSPS) is 22.4. The van der Waals surface area contributed by atoms with Gasteiger partial charge in [0, 0.05) is 0 Å². The number of esters is 1. The maximum atomic E-state index is 12.1. The molecule has 23 heavy (non-hydrogen) atoms. The molecular weight excluding hydrogens is 315 g/mol. The van der Waals surface area contributed by atoms with Gasteiger partial charge >= 0.3 is 12.3 Å². The molecule has 2 rings (SSSR count). The van der Waals surface area contributed by atoms with Crippen molar-refractivity contribution in [3.63, 3.8) is 0 Å². The van der Waals surface area contributed by atoms with E-state index in [4.69, 9.17) is 4.74 Å². The fourth-order valence-electron chi connectivity index (χ4n) is 2.28. The lowest BCUT2D eigenvalue weighted by atomic mass is 9.96. The molecule has 1 fully saturated rings. The van der Waals surface area contributed by atoms with Gasteiger partial charge in [0.1, 0.15) is 12.4 Å². The molecule has 0 spiro atoms. The molecule has 1 amide bonds. The first-order valence-electron chi connectivity index (χ1n) is 7.00. The van der Waals surface area contributed by atoms with Gasteiger partial charge in [0.05, 0.1) is 17.9 Å². The van der Waals surface area contributed by atoms with Gasteiger partial charge in [-0.25, -0.2) is 0 Å². The standard InChI is InChI=1S/C15H16F3NO4/c1-8-12(7-22-14(8)21)13(20)19-9(2)10-3-5-11(6-4-10)23-15(16,17)18/h3-6,8-9,12H,7H2,1-2H3,(H,19,20)/t8?,9-,12?/m0/s1. The minimum absolute atomic E-state index is 0.0386. The zero-order valence-corrected chi connectivity index (χ0v) is 12.5. The average molecular weight is 331 g/mol. The van der Waals surface area contributed by atoms with Crippen LogP contribution < -0.4 is 10.1 Å². The molecule has 0 radical (unpaired) electrons. The summed E-state index contributed by atoms with van der Waals surface area (Å²) in [6.45, 7) is 3.35. The highest BCUT2D eigenvalue weighted by atomic mass is 19.4. The third-order valence-corrected chi connectivity index (χ3v) is 3.69. The van der Waals surface area contributed by atoms with E-state index in [0.717, 1.165) is 0 Å². The van der Waals surface area contributed by atoms with Crippen molar-refractivity contribution < 1.29 is 32.2 Å². The second-order valence-corrected chi connectivity index (χ2v) is 5.37. The molecule has 0 aliphatic carbocycles. The maximum absolute atomic E-state index is 12.1. The Labute approximate surface area is 130 Å². The Kier molecular flexibility index (Phi) is 4.82. The summed E-state index contributed by atoms with van der Waals surface area (Å²) in [7, 11) is 0. The lowest BCUT2D eigenvalue weighted by Crippen LogP contribution is -2.35. The van der Waals surface area contributed by atoms with Crippen LogP contribution in [0.4, 0.5) is 13.2 Å². The quantitative estimate of drug-likeness (QED) is 0.861. The van der Waals surface area contributed by atoms with Crippen LogP contribution in [0.2, 0.25) is 0 Å². The molecule has 126 valence electrons. The van der Waals surface area contributed by atoms with E-state index in [0.29, 0.717) is 5.56 Å². The van der Waals surface area contributed by atoms with Crippen LogP contribution in [0.1, 0.15) is 25.5 Å². The molecule has 0 aromatic heterocycles. The van der Waals surface area contributed by atoms with Crippen LogP contribution in [-0.4, -0.2) is 24.8 Å². The topological polar surface area (TPSA) is 64.6 Å². The number of ether oxygens (including phenoxy) is 2. The molecule has 1 aliphatic rings. The Morgan fingerprint density at radius 1 is 1.35 bits per heavy atom. The molecule has 1 N–H and O–H groups in total. The van der Waals surface area contributed by atoms with Crippen molar-refractivity contribution in [3.05, 3.63) is 29.8 Å². The van der Waals surface area contributed by atoms with Crippen molar-refractivity contribution in [1.82, 2.24) is 5.32 Å². The summed E-state index contributed by atoms with van der Waals surface area (Å²) < 4.78 is 44.9. The van der Waals surface area contributed by atoms with Crippen LogP contribution in [0.3, 0.4) is 0 Å². The molecule has 1 aliphatic heterocycles. The zero-order chi connectivity index (χ0) is 17.2. The third-order valence-electron chi connectivity index (χ3n) is 3.69. The number of carbonyl (C=O) groups is 2. The van der Waals surface area contributed by atoms with Crippen LogP contribution in [0.25, 0.3) is 0 Å². The van der Waals surface area contributed by atoms with Gasteiger partial charge in [-0.15, -0.1) is 13.2 Å². The highest BCUT2D eigenvalue weighted by Crippen LogP contribution is 2.26. The zero-order valence-electron chi connectivity index (χ0n) is 12.5. The lowest BCUT2D eigenvalue weighted by molar-refractivity contribution is -0.274. The third kappa shape index (κ3) is 4.37. The molecule has 1 saturated heterocycles. The summed E-state index contributed by atoms with van der Waals surface area (Å²) in [5, 5.41) is 2.72. The van der Waals surface area contributed by atoms with Crippen LogP contribution in [0.15, 0.2) is 24.3 Å². The first-order chi connectivity index (χ1) is 10.7. The van der Waals surface area contributed by atoms with E-state index in [1.54, 1.807) is 13.8 Å². The Morgan fingerprint density at radius 3 is 2.43 bits per heavy atom. The summed E-state index contributed by atoms with van der Waals surface area (Å²) in [5.74, 6) is -2.14. The second kappa shape index (κ2) is 6.47. The monoisotopic (exact) mass is 331 g/mol. The predicted molar refractivity (Wildman–Crippen MR) is 73.3 cm³/mol. The molecule has 3 atom stereocenters. The Hall–Kier alpha value is -2.25. The van der Waals surface area contributed by atoms with Crippen LogP contribution in [0.5, 0.6) is 5.75 Å². The number of hydrogen-bond donors (Lipinski definition) is 1. The van der Waals surface area contributed by atoms with E-state index in [1.165, 1.54) is 24.3 Å². The van der Waals surface area contributed by atoms with Gasteiger partial charge in [0.15, 0.2) is 0 Å². The highest BCUT2D eigenvalue weighted by Gasteiger charge is 2.38. The van der Waals surface area contributed by atoms with Gasteiger partial charge in [0.25, 0.3) is 0 Å². The molecular formula is C15H16F3NO4. The van der Waals surface area contributed by atoms with E-state index in [9.17, 15) is 22.8 Å². The number of amides is 1. The van der Waals surface area contributed by atoms with Gasteiger partial charge in [-0.2, -0.15) is 0 Å². The molecule has 0 bridgehead atoms. The number of nitrogens with one attached hydrogen (secondary N) is 1. The smallest absolute Gasteiger partial charge is 0.465 e. The lowest BCUT2D eigenvalue weighted by Gasteiger charge is -2.18. The fraction of sp³-hybridized carbons (Fsp3) is 0.467. The van der Waals surface area contributed by atoms with E-state index in [2.05, 4.69) is 10.1 Å². The highest BCUT2D eigenvalue weighted by molar-refractivity contribution is 5.87. The van der Waals surface area contributed by atoms with Gasteiger partial charge in [0.2, 0.25) is 5.91 Å². The average Bonchev–Trinajstić information content (AvgIpc) is 2.78. The van der Waals surface area contributed by atoms with Crippen molar-refractivity contribution >= 4 is 11.9 Å². The van der Waals surface area contributed by atoms with Gasteiger partial charge in [-0.05, 0) is 24.6 Å². The van der Waals surface area contributed by atoms with Crippen LogP contribution in [-0.2, 0) is 14.3 Å². The Balaban J connectivity index is 1.96. The molecule has 2 unspecified atom stereocenters. The first-order valence-corrected chi connectivity index (χ1v) is 7.00. The molecule has 0 saturated carbocycles. The second-order valence-electron chi connectivity index (χ2n) is 5.37. The summed E-state index contributed by atoms with van der Waals surface area (Å²) in [4.78, 5) is 23.4. The minimum Gasteiger partial charge on any atom is -0.465 e. The van der Waals surface area contributed by atoms with E-state index >= 15 is 0 Å². The number of carbonyl (C=O) groups excluding carboxylic acids is 2. The van der Waals surface area contributed by atoms with Crippen LogP contribution >= 0.6 is 0 Å². The van der Waals surface area contributed by atoms with E-state index < -0.39 is 30.2 Å². The largest absolute Gasteiger partial charge is 0.573 e. The van der Waals surface area contributed by atoms with E-state index in [1.807, 2.05) is 0 Å². The van der Waals surface area contributed by atoms with Crippen molar-refractivity contribution in [2.24, 2.45) is 11.8 Å². The minimum atomic E-state index is -4.74. The van der Waals surface area contributed by atoms with Crippen molar-refractivity contribution in [1.29, 1.82) is 0 Å². The summed E-state index contributed by atoms with van der Waals surface area (Å²) in [6.07, 6.45) is -4.74. The summed E-state index contributed by atoms with van der Waals surface area (Å²) >= 11 is 0. The molecule has 1 heterocycles. The van der Waals surface area contributed by atoms with Crippen molar-refractivity contribution in [2.75, 3.05) is 6.61 Å². The van der Waals surface area contributed by atoms with Crippen LogP contribution in [0, 0.1) is 11.8 Å². The van der Waals surface area contributed by atoms with Gasteiger partial charge in [-0.3, -0.25) is 9.59 Å². The van der Waals surface area contributed by atoms with Crippen molar-refractivity contribution in [3.8, 4) is 5.75 Å². The Bertz CT molecular complexity index is 585. The predicted octanol–water partition coefficient (Wildman–Crippen LogP) is 2.57. The molecule has 1 aromatic rings. The number of rotatable bonds is 4. The van der Waals surface area contributed by atoms with Crippen molar-refractivity contribution in [2.45, 2.75) is 26.3 Å². The number of benzene rings is 1. The number of halogens is 3. The van der Waals surface area contributed by atoms with E-state index in [-0.39, 0.29) is 18.3 Å². The maximum Gasteiger partial charge on any atom is 0.573 e. The number of alkyl halides is 3. The fourth-order valence-corrected chi connectivity index (χ4v) is 2.28. The molecule has 8 heteroatoms. The van der Waals surface area contributed by atoms with Gasteiger partial charge in [-0.1, -0.05) is 19.1 Å². The molecule has 1 aromatic carbocycles. The molecule has 5 nitrogen and oxygen atoms in total. The van der Waals surface area contributed by atoms with Gasteiger partial charge < -0.3 is 14.8 Å². The Morgan fingerprint density at radius 2 is 1.96 bits per heavy atom. The first kappa shape index (κ1) is 17.1.